The van der Waals surface area contributed by atoms with Gasteiger partial charge in [0.15, 0.2) is 0 Å². The molecule has 0 fully saturated rings. The first-order valence-corrected chi connectivity index (χ1v) is 5.70. The number of hydrogen-bond donors (Lipinski definition) is 2. The van der Waals surface area contributed by atoms with Crippen LogP contribution in [-0.2, 0) is 6.61 Å². The molecule has 5 heteroatoms. The monoisotopic (exact) mass is 261 g/mol. The van der Waals surface area contributed by atoms with E-state index in [9.17, 15) is 0 Å². The van der Waals surface area contributed by atoms with Gasteiger partial charge in [0.2, 0.25) is 0 Å². The number of amidine groups is 1. The second-order valence-corrected chi connectivity index (χ2v) is 4.12. The van der Waals surface area contributed by atoms with E-state index in [0.29, 0.717) is 22.9 Å². The Morgan fingerprint density at radius 2 is 2.22 bits per heavy atom. The number of halogens is 1. The minimum Gasteiger partial charge on any atom is -0.487 e. The van der Waals surface area contributed by atoms with Gasteiger partial charge >= 0.3 is 0 Å². The number of nitrogen functional groups attached to an aromatic ring is 1. The highest BCUT2D eigenvalue weighted by molar-refractivity contribution is 6.32. The van der Waals surface area contributed by atoms with Crippen LogP contribution in [-0.4, -0.2) is 10.8 Å². The Labute approximate surface area is 110 Å². The topological polar surface area (TPSA) is 72.0 Å². The van der Waals surface area contributed by atoms with Gasteiger partial charge in [0, 0.05) is 23.5 Å². The average molecular weight is 262 g/mol. The van der Waals surface area contributed by atoms with Crippen LogP contribution < -0.4 is 10.5 Å². The minimum atomic E-state index is -0.0179. The van der Waals surface area contributed by atoms with Gasteiger partial charge < -0.3 is 10.5 Å². The molecule has 0 aliphatic rings. The normalized spacial score (nSPS) is 10.1. The van der Waals surface area contributed by atoms with E-state index in [-0.39, 0.29) is 5.84 Å². The Morgan fingerprint density at radius 1 is 1.39 bits per heavy atom. The smallest absolute Gasteiger partial charge is 0.138 e. The quantitative estimate of drug-likeness (QED) is 0.656. The first kappa shape index (κ1) is 12.4. The van der Waals surface area contributed by atoms with Crippen molar-refractivity contribution >= 4 is 17.4 Å². The molecule has 0 aliphatic heterocycles. The number of ether oxygens (including phenoxy) is 1. The van der Waals surface area contributed by atoms with Gasteiger partial charge in [-0.15, -0.1) is 0 Å². The fourth-order valence-corrected chi connectivity index (χ4v) is 1.67. The third kappa shape index (κ3) is 2.99. The number of rotatable bonds is 4. The number of benzene rings is 1. The SMILES string of the molecule is N=C(N)c1ccc(OCc2cccnc2)c(Cl)c1. The van der Waals surface area contributed by atoms with Crippen molar-refractivity contribution in [2.45, 2.75) is 6.61 Å². The van der Waals surface area contributed by atoms with E-state index in [2.05, 4.69) is 4.98 Å². The van der Waals surface area contributed by atoms with Crippen molar-refractivity contribution in [2.75, 3.05) is 0 Å². The standard InChI is InChI=1S/C13H12ClN3O/c14-11-6-10(13(15)16)3-4-12(11)18-8-9-2-1-5-17-7-9/h1-7H,8H2,(H3,15,16). The molecule has 18 heavy (non-hydrogen) atoms. The maximum absolute atomic E-state index is 7.31. The van der Waals surface area contributed by atoms with Crippen LogP contribution in [0.2, 0.25) is 5.02 Å². The number of nitrogens with one attached hydrogen (secondary N) is 1. The fraction of sp³-hybridized carbons (Fsp3) is 0.0769. The second kappa shape index (κ2) is 5.51. The zero-order chi connectivity index (χ0) is 13.0. The first-order valence-electron chi connectivity index (χ1n) is 5.32. The third-order valence-electron chi connectivity index (χ3n) is 2.36. The largest absolute Gasteiger partial charge is 0.487 e. The summed E-state index contributed by atoms with van der Waals surface area (Å²) in [5, 5.41) is 7.75. The highest BCUT2D eigenvalue weighted by Crippen LogP contribution is 2.26. The van der Waals surface area contributed by atoms with Crippen molar-refractivity contribution in [3.8, 4) is 5.75 Å². The number of nitrogens with two attached hydrogens (primary N) is 1. The average Bonchev–Trinajstić information content (AvgIpc) is 2.38. The summed E-state index contributed by atoms with van der Waals surface area (Å²) >= 11 is 6.05. The lowest BCUT2D eigenvalue weighted by molar-refractivity contribution is 0.306. The zero-order valence-electron chi connectivity index (χ0n) is 9.56. The van der Waals surface area contributed by atoms with Gasteiger partial charge in [-0.2, -0.15) is 0 Å². The molecule has 0 saturated carbocycles. The molecule has 1 aromatic heterocycles. The van der Waals surface area contributed by atoms with Crippen LogP contribution in [0.25, 0.3) is 0 Å². The summed E-state index contributed by atoms with van der Waals surface area (Å²) in [5.74, 6) is 0.543. The number of hydrogen-bond acceptors (Lipinski definition) is 3. The molecule has 0 saturated heterocycles. The minimum absolute atomic E-state index is 0.0179. The Hall–Kier alpha value is -2.07. The lowest BCUT2D eigenvalue weighted by atomic mass is 10.2. The van der Waals surface area contributed by atoms with Crippen molar-refractivity contribution in [2.24, 2.45) is 5.73 Å². The number of pyridine rings is 1. The molecule has 2 aromatic rings. The van der Waals surface area contributed by atoms with Gasteiger partial charge in [0.1, 0.15) is 18.2 Å². The van der Waals surface area contributed by atoms with E-state index in [0.717, 1.165) is 5.56 Å². The Balaban J connectivity index is 2.08. The molecule has 92 valence electrons. The van der Waals surface area contributed by atoms with Crippen molar-refractivity contribution in [1.29, 1.82) is 5.41 Å². The predicted molar refractivity (Wildman–Crippen MR) is 71.0 cm³/mol. The summed E-state index contributed by atoms with van der Waals surface area (Å²) in [5.41, 5.74) is 6.91. The molecule has 0 radical (unpaired) electrons. The van der Waals surface area contributed by atoms with Crippen LogP contribution in [0.1, 0.15) is 11.1 Å². The number of nitrogens with zero attached hydrogens (tertiary/aromatic N) is 1. The van der Waals surface area contributed by atoms with Gasteiger partial charge in [0.25, 0.3) is 0 Å². The van der Waals surface area contributed by atoms with Crippen LogP contribution in [0, 0.1) is 5.41 Å². The van der Waals surface area contributed by atoms with Crippen LogP contribution >= 0.6 is 11.6 Å². The molecule has 0 bridgehead atoms. The summed E-state index contributed by atoms with van der Waals surface area (Å²) in [6.45, 7) is 0.396. The van der Waals surface area contributed by atoms with Crippen molar-refractivity contribution in [1.82, 2.24) is 4.98 Å². The summed E-state index contributed by atoms with van der Waals surface area (Å²) in [6.07, 6.45) is 3.44. The van der Waals surface area contributed by atoms with E-state index >= 15 is 0 Å². The van der Waals surface area contributed by atoms with Gasteiger partial charge in [-0.05, 0) is 24.3 Å². The first-order chi connectivity index (χ1) is 8.66. The van der Waals surface area contributed by atoms with Gasteiger partial charge in [-0.1, -0.05) is 17.7 Å². The molecule has 3 N–H and O–H groups in total. The molecule has 2 rings (SSSR count). The Kier molecular flexibility index (Phi) is 3.79. The molecule has 0 aliphatic carbocycles. The van der Waals surface area contributed by atoms with Crippen molar-refractivity contribution in [3.05, 3.63) is 58.9 Å². The van der Waals surface area contributed by atoms with E-state index < -0.39 is 0 Å². The molecular formula is C13H12ClN3O. The van der Waals surface area contributed by atoms with E-state index in [1.54, 1.807) is 30.6 Å². The zero-order valence-corrected chi connectivity index (χ0v) is 10.3. The lowest BCUT2D eigenvalue weighted by Crippen LogP contribution is -2.10. The summed E-state index contributed by atoms with van der Waals surface area (Å²) in [4.78, 5) is 4.00. The Bertz CT molecular complexity index is 557. The Morgan fingerprint density at radius 3 is 2.83 bits per heavy atom. The summed E-state index contributed by atoms with van der Waals surface area (Å²) in [7, 11) is 0. The molecule has 1 heterocycles. The molecule has 1 aromatic carbocycles. The maximum atomic E-state index is 7.31. The fourth-order valence-electron chi connectivity index (χ4n) is 1.43. The van der Waals surface area contributed by atoms with Gasteiger partial charge in [0.05, 0.1) is 5.02 Å². The third-order valence-corrected chi connectivity index (χ3v) is 2.66. The van der Waals surface area contributed by atoms with Crippen LogP contribution in [0.15, 0.2) is 42.7 Å². The predicted octanol–water partition coefficient (Wildman–Crippen LogP) is 2.60. The molecule has 0 spiro atoms. The molecule has 4 nitrogen and oxygen atoms in total. The van der Waals surface area contributed by atoms with Crippen LogP contribution in [0.5, 0.6) is 5.75 Å². The van der Waals surface area contributed by atoms with Gasteiger partial charge in [-0.25, -0.2) is 0 Å². The number of aromatic nitrogens is 1. The molecule has 0 amide bonds. The highest BCUT2D eigenvalue weighted by Gasteiger charge is 2.05. The van der Waals surface area contributed by atoms with E-state index in [1.165, 1.54) is 0 Å². The second-order valence-electron chi connectivity index (χ2n) is 3.71. The van der Waals surface area contributed by atoms with Crippen molar-refractivity contribution < 1.29 is 4.74 Å². The molecular weight excluding hydrogens is 250 g/mol. The highest BCUT2D eigenvalue weighted by atomic mass is 35.5. The molecule has 0 unspecified atom stereocenters. The lowest BCUT2D eigenvalue weighted by Gasteiger charge is -2.09. The van der Waals surface area contributed by atoms with Crippen LogP contribution in [0.3, 0.4) is 0 Å². The van der Waals surface area contributed by atoms with Crippen molar-refractivity contribution in [3.63, 3.8) is 0 Å². The van der Waals surface area contributed by atoms with Gasteiger partial charge in [-0.3, -0.25) is 10.4 Å². The van der Waals surface area contributed by atoms with Crippen LogP contribution in [0.4, 0.5) is 0 Å². The van der Waals surface area contributed by atoms with E-state index in [1.807, 2.05) is 12.1 Å². The summed E-state index contributed by atoms with van der Waals surface area (Å²) in [6, 6.07) is 8.79. The summed E-state index contributed by atoms with van der Waals surface area (Å²) < 4.78 is 5.57. The van der Waals surface area contributed by atoms with E-state index in [4.69, 9.17) is 27.5 Å². The maximum Gasteiger partial charge on any atom is 0.138 e. The molecule has 0 atom stereocenters.